The van der Waals surface area contributed by atoms with Crippen LogP contribution in [0.2, 0.25) is 0 Å². The van der Waals surface area contributed by atoms with Gasteiger partial charge in [-0.3, -0.25) is 0 Å². The van der Waals surface area contributed by atoms with E-state index in [9.17, 15) is 0 Å². The molecule has 0 radical (unpaired) electrons. The maximum atomic E-state index is 5.11. The van der Waals surface area contributed by atoms with E-state index in [0.717, 1.165) is 34.5 Å². The molecule has 3 nitrogen and oxygen atoms in total. The first-order valence-corrected chi connectivity index (χ1v) is 21.1. The highest BCUT2D eigenvalue weighted by Gasteiger charge is 2.23. The van der Waals surface area contributed by atoms with E-state index in [4.69, 9.17) is 9.97 Å². The molecular formula is C55H39N3S. The molecule has 280 valence electrons. The van der Waals surface area contributed by atoms with Crippen LogP contribution in [-0.2, 0) is 0 Å². The Labute approximate surface area is 346 Å². The van der Waals surface area contributed by atoms with Crippen molar-refractivity contribution < 1.29 is 0 Å². The first-order valence-electron chi connectivity index (χ1n) is 20.2. The Morgan fingerprint density at radius 1 is 0.678 bits per heavy atom. The highest BCUT2D eigenvalue weighted by atomic mass is 32.1. The van der Waals surface area contributed by atoms with Crippen LogP contribution in [0.3, 0.4) is 0 Å². The molecule has 0 saturated carbocycles. The zero-order chi connectivity index (χ0) is 39.5. The number of fused-ring (bicyclic) bond motifs is 10. The van der Waals surface area contributed by atoms with Crippen LogP contribution in [0.25, 0.3) is 97.1 Å². The van der Waals surface area contributed by atoms with E-state index in [1.807, 2.05) is 48.6 Å². The summed E-state index contributed by atoms with van der Waals surface area (Å²) in [6.07, 6.45) is 15.7. The Bertz CT molecular complexity index is 3440. The molecule has 10 aromatic rings. The molecule has 1 aliphatic carbocycles. The van der Waals surface area contributed by atoms with Crippen molar-refractivity contribution in [2.24, 2.45) is 0 Å². The largest absolute Gasteiger partial charge is 0.333 e. The van der Waals surface area contributed by atoms with Crippen LogP contribution in [0.15, 0.2) is 195 Å². The molecule has 0 aliphatic heterocycles. The summed E-state index contributed by atoms with van der Waals surface area (Å²) in [5, 5.41) is 10.4. The Hall–Kier alpha value is -7.14. The summed E-state index contributed by atoms with van der Waals surface area (Å²) in [6.45, 7) is 6.09. The lowest BCUT2D eigenvalue weighted by Gasteiger charge is -2.21. The van der Waals surface area contributed by atoms with Crippen molar-refractivity contribution in [3.63, 3.8) is 0 Å². The van der Waals surface area contributed by atoms with Gasteiger partial charge in [0, 0.05) is 42.1 Å². The van der Waals surface area contributed by atoms with Crippen LogP contribution < -0.4 is 0 Å². The van der Waals surface area contributed by atoms with E-state index in [1.165, 1.54) is 74.6 Å². The van der Waals surface area contributed by atoms with E-state index in [-0.39, 0.29) is 6.04 Å². The molecule has 3 aromatic heterocycles. The van der Waals surface area contributed by atoms with Gasteiger partial charge in [-0.25, -0.2) is 9.97 Å². The number of thiophene rings is 1. The minimum Gasteiger partial charge on any atom is -0.333 e. The lowest BCUT2D eigenvalue weighted by Crippen LogP contribution is -2.09. The Morgan fingerprint density at radius 3 is 2.24 bits per heavy atom. The molecule has 59 heavy (non-hydrogen) atoms. The lowest BCUT2D eigenvalue weighted by atomic mass is 9.97. The van der Waals surface area contributed by atoms with E-state index in [0.29, 0.717) is 5.82 Å². The van der Waals surface area contributed by atoms with Crippen molar-refractivity contribution >= 4 is 86.0 Å². The molecular weight excluding hydrogens is 735 g/mol. The summed E-state index contributed by atoms with van der Waals surface area (Å²) < 4.78 is 5.22. The van der Waals surface area contributed by atoms with Crippen molar-refractivity contribution in [3.05, 3.63) is 206 Å². The number of hydrogen-bond acceptors (Lipinski definition) is 3. The normalized spacial score (nSPS) is 14.8. The maximum absolute atomic E-state index is 5.11. The highest BCUT2D eigenvalue weighted by Crippen LogP contribution is 2.47. The van der Waals surface area contributed by atoms with Gasteiger partial charge < -0.3 is 4.57 Å². The molecule has 0 spiro atoms. The summed E-state index contributed by atoms with van der Waals surface area (Å²) in [5.41, 5.74) is 9.86. The molecule has 0 amide bonds. The summed E-state index contributed by atoms with van der Waals surface area (Å²) in [5.74, 6) is 0.664. The minimum absolute atomic E-state index is 0.123. The molecule has 0 fully saturated rings. The molecule has 3 heterocycles. The topological polar surface area (TPSA) is 30.7 Å². The van der Waals surface area contributed by atoms with Gasteiger partial charge in [0.2, 0.25) is 0 Å². The van der Waals surface area contributed by atoms with Gasteiger partial charge in [0.15, 0.2) is 5.82 Å². The summed E-state index contributed by atoms with van der Waals surface area (Å²) in [4.78, 5) is 10.1. The van der Waals surface area contributed by atoms with Crippen LogP contribution in [0.5, 0.6) is 0 Å². The van der Waals surface area contributed by atoms with E-state index < -0.39 is 0 Å². The van der Waals surface area contributed by atoms with E-state index >= 15 is 0 Å². The first-order chi connectivity index (χ1) is 29.2. The van der Waals surface area contributed by atoms with Gasteiger partial charge >= 0.3 is 0 Å². The molecule has 0 saturated heterocycles. The number of rotatable bonds is 7. The Morgan fingerprint density at radius 2 is 1.42 bits per heavy atom. The third kappa shape index (κ3) is 5.87. The van der Waals surface area contributed by atoms with Crippen molar-refractivity contribution in [2.45, 2.75) is 19.4 Å². The average molecular weight is 774 g/mol. The standard InChI is InChI=1S/C55H39N3S/c1-3-5-14-35(4-2)55-56-47(38-17-7-6-8-18-38)34-48(57-55)39-23-27-41(28-24-39)58-49-30-25-37-16-10-12-21-44(37)52(49)53-50(58)31-29-45-46-33-40(26-32-51(46)59-54(45)53)43-22-13-19-36-15-9-11-20-42(36)43/h3-27,29-34,41H,2,28H2,1H3/b5-3-,35-14+. The SMILES string of the molecule is C=C/C(=C\C=C/C)c1nc(C2=CCC(n3c4ccc5ccccc5c4c4c5sc6ccc(-c7cccc8ccccc78)cc6c5ccc43)C=C2)cc(-c2ccccc2)n1. The van der Waals surface area contributed by atoms with Crippen molar-refractivity contribution in [1.29, 1.82) is 0 Å². The van der Waals surface area contributed by atoms with Gasteiger partial charge in [0.1, 0.15) is 0 Å². The molecule has 4 heteroatoms. The van der Waals surface area contributed by atoms with Gasteiger partial charge in [0.25, 0.3) is 0 Å². The van der Waals surface area contributed by atoms with Crippen LogP contribution in [0.4, 0.5) is 0 Å². The lowest BCUT2D eigenvalue weighted by molar-refractivity contribution is 0.649. The average Bonchev–Trinajstić information content (AvgIpc) is 3.85. The van der Waals surface area contributed by atoms with Crippen LogP contribution in [-0.4, -0.2) is 14.5 Å². The summed E-state index contributed by atoms with van der Waals surface area (Å²) in [7, 11) is 0. The van der Waals surface area contributed by atoms with E-state index in [2.05, 4.69) is 169 Å². The summed E-state index contributed by atoms with van der Waals surface area (Å²) in [6, 6.07) is 53.1. The molecule has 7 aromatic carbocycles. The number of hydrogen-bond donors (Lipinski definition) is 0. The van der Waals surface area contributed by atoms with Crippen molar-refractivity contribution in [3.8, 4) is 22.4 Å². The highest BCUT2D eigenvalue weighted by molar-refractivity contribution is 7.26. The zero-order valence-electron chi connectivity index (χ0n) is 32.6. The monoisotopic (exact) mass is 773 g/mol. The second kappa shape index (κ2) is 14.4. The van der Waals surface area contributed by atoms with Crippen molar-refractivity contribution in [1.82, 2.24) is 14.5 Å². The quantitative estimate of drug-likeness (QED) is 0.151. The van der Waals surface area contributed by atoms with Crippen LogP contribution in [0.1, 0.15) is 30.9 Å². The van der Waals surface area contributed by atoms with Gasteiger partial charge in [0.05, 0.1) is 28.5 Å². The first kappa shape index (κ1) is 35.1. The Balaban J connectivity index is 1.06. The number of allylic oxidation sites excluding steroid dienone is 9. The predicted molar refractivity (Wildman–Crippen MR) is 254 cm³/mol. The third-order valence-corrected chi connectivity index (χ3v) is 13.0. The second-order valence-corrected chi connectivity index (χ2v) is 16.3. The van der Waals surface area contributed by atoms with Crippen molar-refractivity contribution in [2.75, 3.05) is 0 Å². The fourth-order valence-electron chi connectivity index (χ4n) is 9.03. The third-order valence-electron chi connectivity index (χ3n) is 11.8. The molecule has 11 rings (SSSR count). The second-order valence-electron chi connectivity index (χ2n) is 15.2. The molecule has 1 atom stereocenters. The summed E-state index contributed by atoms with van der Waals surface area (Å²) >= 11 is 1.92. The number of nitrogens with zero attached hydrogens (tertiary/aromatic N) is 3. The fraction of sp³-hybridized carbons (Fsp3) is 0.0545. The number of aromatic nitrogens is 3. The fourth-order valence-corrected chi connectivity index (χ4v) is 10.3. The zero-order valence-corrected chi connectivity index (χ0v) is 33.5. The van der Waals surface area contributed by atoms with Gasteiger partial charge in [-0.1, -0.05) is 164 Å². The van der Waals surface area contributed by atoms with Gasteiger partial charge in [-0.2, -0.15) is 0 Å². The molecule has 0 N–H and O–H groups in total. The smallest absolute Gasteiger partial charge is 0.160 e. The predicted octanol–water partition coefficient (Wildman–Crippen LogP) is 15.3. The number of benzene rings is 7. The molecule has 0 bridgehead atoms. The molecule has 1 aliphatic rings. The maximum Gasteiger partial charge on any atom is 0.160 e. The molecule has 1 unspecified atom stereocenters. The van der Waals surface area contributed by atoms with E-state index in [1.54, 1.807) is 0 Å². The van der Waals surface area contributed by atoms with Crippen LogP contribution in [0, 0.1) is 0 Å². The van der Waals surface area contributed by atoms with Crippen LogP contribution >= 0.6 is 11.3 Å². The Kier molecular flexibility index (Phi) is 8.53. The minimum atomic E-state index is 0.123. The van der Waals surface area contributed by atoms with Gasteiger partial charge in [-0.15, -0.1) is 11.3 Å². The van der Waals surface area contributed by atoms with Gasteiger partial charge in [-0.05, 0) is 81.9 Å².